The smallest absolute Gasteiger partial charge is 0.0802 e. The first kappa shape index (κ1) is 10.9. The van der Waals surface area contributed by atoms with E-state index in [1.807, 2.05) is 0 Å². The first-order chi connectivity index (χ1) is 7.29. The minimum Gasteiger partial charge on any atom is -0.377 e. The maximum Gasteiger partial charge on any atom is 0.0802 e. The molecule has 0 aliphatic heterocycles. The van der Waals surface area contributed by atoms with Crippen LogP contribution < -0.4 is 5.32 Å². The highest BCUT2D eigenvalue weighted by Crippen LogP contribution is 2.35. The minimum atomic E-state index is 0.0859. The van der Waals surface area contributed by atoms with Crippen molar-refractivity contribution in [3.63, 3.8) is 0 Å². The Balaban J connectivity index is 1.80. The molecule has 0 bridgehead atoms. The molecule has 2 unspecified atom stereocenters. The summed E-state index contributed by atoms with van der Waals surface area (Å²) < 4.78 is 5.56. The SMILES string of the molecule is COC1(CNC2CCCC2C#N)CCC1. The molecule has 2 rings (SSSR count). The quantitative estimate of drug-likeness (QED) is 0.766. The van der Waals surface area contributed by atoms with E-state index in [1.54, 1.807) is 7.11 Å². The fraction of sp³-hybridized carbons (Fsp3) is 0.917. The second-order valence-corrected chi connectivity index (χ2v) is 4.89. The summed E-state index contributed by atoms with van der Waals surface area (Å²) in [5, 5.41) is 12.5. The summed E-state index contributed by atoms with van der Waals surface area (Å²) in [7, 11) is 1.80. The topological polar surface area (TPSA) is 45.0 Å². The molecule has 3 nitrogen and oxygen atoms in total. The average Bonchev–Trinajstić information content (AvgIpc) is 2.64. The lowest BCUT2D eigenvalue weighted by Gasteiger charge is -2.41. The number of nitriles is 1. The van der Waals surface area contributed by atoms with Crippen LogP contribution in [0.2, 0.25) is 0 Å². The summed E-state index contributed by atoms with van der Waals surface area (Å²) in [6.07, 6.45) is 7.02. The maximum atomic E-state index is 8.97. The van der Waals surface area contributed by atoms with E-state index < -0.39 is 0 Å². The Hall–Kier alpha value is -0.590. The van der Waals surface area contributed by atoms with Crippen LogP contribution in [0.4, 0.5) is 0 Å². The van der Waals surface area contributed by atoms with Crippen LogP contribution in [0.5, 0.6) is 0 Å². The van der Waals surface area contributed by atoms with Crippen molar-refractivity contribution in [2.45, 2.75) is 50.2 Å². The molecule has 2 aliphatic carbocycles. The molecule has 2 saturated carbocycles. The van der Waals surface area contributed by atoms with E-state index in [1.165, 1.54) is 25.7 Å². The van der Waals surface area contributed by atoms with E-state index in [2.05, 4.69) is 11.4 Å². The molecule has 15 heavy (non-hydrogen) atoms. The van der Waals surface area contributed by atoms with Gasteiger partial charge in [0.25, 0.3) is 0 Å². The van der Waals surface area contributed by atoms with Crippen LogP contribution in [0.3, 0.4) is 0 Å². The Morgan fingerprint density at radius 2 is 2.20 bits per heavy atom. The third-order valence-corrected chi connectivity index (χ3v) is 4.07. The number of hydrogen-bond donors (Lipinski definition) is 1. The van der Waals surface area contributed by atoms with Gasteiger partial charge in [0, 0.05) is 19.7 Å². The maximum absolute atomic E-state index is 8.97. The largest absolute Gasteiger partial charge is 0.377 e. The number of rotatable bonds is 4. The summed E-state index contributed by atoms with van der Waals surface area (Å²) in [5.41, 5.74) is 0.0859. The third-order valence-electron chi connectivity index (χ3n) is 4.07. The molecule has 0 saturated heterocycles. The van der Waals surface area contributed by atoms with Crippen LogP contribution in [-0.2, 0) is 4.74 Å². The molecule has 0 heterocycles. The number of hydrogen-bond acceptors (Lipinski definition) is 3. The lowest BCUT2D eigenvalue weighted by Crippen LogP contribution is -2.50. The van der Waals surface area contributed by atoms with Gasteiger partial charge in [0.1, 0.15) is 0 Å². The van der Waals surface area contributed by atoms with E-state index in [0.717, 1.165) is 19.4 Å². The van der Waals surface area contributed by atoms with Crippen molar-refractivity contribution in [3.05, 3.63) is 0 Å². The summed E-state index contributed by atoms with van der Waals surface area (Å²) in [5.74, 6) is 0.221. The standard InChI is InChI=1S/C12H20N2O/c1-15-12(6-3-7-12)9-14-11-5-2-4-10(11)8-13/h10-11,14H,2-7,9H2,1H3. The van der Waals surface area contributed by atoms with Gasteiger partial charge in [-0.2, -0.15) is 5.26 Å². The second kappa shape index (κ2) is 4.51. The molecule has 0 aromatic heterocycles. The zero-order valence-corrected chi connectivity index (χ0v) is 9.46. The van der Waals surface area contributed by atoms with Crippen LogP contribution in [0.1, 0.15) is 38.5 Å². The first-order valence-corrected chi connectivity index (χ1v) is 5.98. The van der Waals surface area contributed by atoms with Gasteiger partial charge in [0.15, 0.2) is 0 Å². The van der Waals surface area contributed by atoms with E-state index in [-0.39, 0.29) is 11.5 Å². The zero-order chi connectivity index (χ0) is 10.7. The Bertz CT molecular complexity index is 249. The van der Waals surface area contributed by atoms with Crippen molar-refractivity contribution < 1.29 is 4.74 Å². The van der Waals surface area contributed by atoms with Crippen molar-refractivity contribution in [2.24, 2.45) is 5.92 Å². The predicted molar refractivity (Wildman–Crippen MR) is 58.3 cm³/mol. The van der Waals surface area contributed by atoms with Gasteiger partial charge in [-0.3, -0.25) is 0 Å². The normalized spacial score (nSPS) is 33.3. The molecule has 2 aliphatic rings. The molecule has 3 heteroatoms. The Labute approximate surface area is 91.8 Å². The minimum absolute atomic E-state index is 0.0859. The molecule has 1 N–H and O–H groups in total. The van der Waals surface area contributed by atoms with Crippen molar-refractivity contribution in [2.75, 3.05) is 13.7 Å². The molecule has 0 radical (unpaired) electrons. The average molecular weight is 208 g/mol. The molecular formula is C12H20N2O. The summed E-state index contributed by atoms with van der Waals surface area (Å²) in [6.45, 7) is 0.923. The molecule has 2 fully saturated rings. The Morgan fingerprint density at radius 3 is 2.73 bits per heavy atom. The van der Waals surface area contributed by atoms with Crippen molar-refractivity contribution in [3.8, 4) is 6.07 Å². The summed E-state index contributed by atoms with van der Waals surface area (Å²) >= 11 is 0. The lowest BCUT2D eigenvalue weighted by atomic mass is 9.79. The van der Waals surface area contributed by atoms with Gasteiger partial charge in [-0.15, -0.1) is 0 Å². The molecule has 2 atom stereocenters. The second-order valence-electron chi connectivity index (χ2n) is 4.89. The van der Waals surface area contributed by atoms with Gasteiger partial charge in [0.05, 0.1) is 17.6 Å². The van der Waals surface area contributed by atoms with Gasteiger partial charge in [-0.25, -0.2) is 0 Å². The molecule has 84 valence electrons. The lowest BCUT2D eigenvalue weighted by molar-refractivity contribution is -0.0711. The van der Waals surface area contributed by atoms with Gasteiger partial charge >= 0.3 is 0 Å². The fourth-order valence-electron chi connectivity index (χ4n) is 2.70. The van der Waals surface area contributed by atoms with Gasteiger partial charge in [-0.1, -0.05) is 6.42 Å². The van der Waals surface area contributed by atoms with E-state index in [9.17, 15) is 0 Å². The van der Waals surface area contributed by atoms with Gasteiger partial charge in [0.2, 0.25) is 0 Å². The van der Waals surface area contributed by atoms with Crippen LogP contribution >= 0.6 is 0 Å². The zero-order valence-electron chi connectivity index (χ0n) is 9.46. The summed E-state index contributed by atoms with van der Waals surface area (Å²) in [4.78, 5) is 0. The Kier molecular flexibility index (Phi) is 3.28. The number of nitrogens with one attached hydrogen (secondary N) is 1. The molecule has 0 amide bonds. The highest BCUT2D eigenvalue weighted by atomic mass is 16.5. The van der Waals surface area contributed by atoms with E-state index in [4.69, 9.17) is 10.00 Å². The molecular weight excluding hydrogens is 188 g/mol. The van der Waals surface area contributed by atoms with Gasteiger partial charge < -0.3 is 10.1 Å². The van der Waals surface area contributed by atoms with E-state index >= 15 is 0 Å². The van der Waals surface area contributed by atoms with E-state index in [0.29, 0.717) is 6.04 Å². The van der Waals surface area contributed by atoms with Crippen molar-refractivity contribution in [1.29, 1.82) is 5.26 Å². The van der Waals surface area contributed by atoms with Crippen LogP contribution in [0, 0.1) is 17.2 Å². The number of ether oxygens (including phenoxy) is 1. The summed E-state index contributed by atoms with van der Waals surface area (Å²) in [6, 6.07) is 2.81. The molecule has 0 spiro atoms. The highest BCUT2D eigenvalue weighted by Gasteiger charge is 2.38. The first-order valence-electron chi connectivity index (χ1n) is 5.98. The van der Waals surface area contributed by atoms with Gasteiger partial charge in [-0.05, 0) is 32.1 Å². The van der Waals surface area contributed by atoms with Crippen molar-refractivity contribution in [1.82, 2.24) is 5.32 Å². The van der Waals surface area contributed by atoms with Crippen molar-refractivity contribution >= 4 is 0 Å². The van der Waals surface area contributed by atoms with Crippen LogP contribution in [0.15, 0.2) is 0 Å². The third kappa shape index (κ3) is 2.16. The van der Waals surface area contributed by atoms with Crippen LogP contribution in [-0.4, -0.2) is 25.3 Å². The monoisotopic (exact) mass is 208 g/mol. The molecule has 0 aromatic carbocycles. The Morgan fingerprint density at radius 1 is 1.40 bits per heavy atom. The van der Waals surface area contributed by atoms with Crippen LogP contribution in [0.25, 0.3) is 0 Å². The predicted octanol–water partition coefficient (Wildman–Crippen LogP) is 1.84. The fourth-order valence-corrected chi connectivity index (χ4v) is 2.70. The number of methoxy groups -OCH3 is 1. The number of nitrogens with zero attached hydrogens (tertiary/aromatic N) is 1. The highest BCUT2D eigenvalue weighted by molar-refractivity contribution is 4.99. The molecule has 0 aromatic rings.